The molecule has 5 heterocycles. The molecule has 0 spiro atoms. The SMILES string of the molecule is Cc1ccc([C@@H]2C[C@@H](C(F)(F)F)n3nc(-c4nc5c6cnn(-c7ccccc7)c6ncn5n4)cc3N2)cc1C. The van der Waals surface area contributed by atoms with Crippen LogP contribution < -0.4 is 5.32 Å². The first kappa shape index (κ1) is 23.4. The topological polar surface area (TPSA) is 90.8 Å². The second-order valence-corrected chi connectivity index (χ2v) is 9.77. The van der Waals surface area contributed by atoms with Gasteiger partial charge in [-0.25, -0.2) is 23.8 Å². The Kier molecular flexibility index (Phi) is 5.03. The highest BCUT2D eigenvalue weighted by molar-refractivity contribution is 5.89. The fourth-order valence-electron chi connectivity index (χ4n) is 5.07. The van der Waals surface area contributed by atoms with Gasteiger partial charge in [0, 0.05) is 12.5 Å². The molecule has 0 radical (unpaired) electrons. The van der Waals surface area contributed by atoms with Gasteiger partial charge >= 0.3 is 6.18 Å². The van der Waals surface area contributed by atoms with Crippen molar-refractivity contribution in [3.63, 3.8) is 0 Å². The molecule has 39 heavy (non-hydrogen) atoms. The van der Waals surface area contributed by atoms with Crippen molar-refractivity contribution < 1.29 is 13.2 Å². The van der Waals surface area contributed by atoms with E-state index in [1.54, 1.807) is 16.9 Å². The van der Waals surface area contributed by atoms with Crippen molar-refractivity contribution in [3.05, 3.63) is 83.8 Å². The van der Waals surface area contributed by atoms with Gasteiger partial charge in [0.25, 0.3) is 0 Å². The Hall–Kier alpha value is -4.74. The zero-order valence-electron chi connectivity index (χ0n) is 20.9. The van der Waals surface area contributed by atoms with E-state index in [1.165, 1.54) is 10.8 Å². The fourth-order valence-corrected chi connectivity index (χ4v) is 5.07. The van der Waals surface area contributed by atoms with Gasteiger partial charge in [-0.3, -0.25) is 0 Å². The first-order chi connectivity index (χ1) is 18.8. The Morgan fingerprint density at radius 1 is 0.949 bits per heavy atom. The molecule has 4 aromatic heterocycles. The Balaban J connectivity index is 1.30. The number of rotatable bonds is 3. The maximum absolute atomic E-state index is 14.2. The van der Waals surface area contributed by atoms with Crippen LogP contribution in [-0.2, 0) is 0 Å². The number of benzene rings is 2. The van der Waals surface area contributed by atoms with Crippen molar-refractivity contribution >= 4 is 22.5 Å². The van der Waals surface area contributed by atoms with Crippen molar-refractivity contribution in [2.45, 2.75) is 38.5 Å². The van der Waals surface area contributed by atoms with E-state index in [-0.39, 0.29) is 23.8 Å². The highest BCUT2D eigenvalue weighted by atomic mass is 19.4. The van der Waals surface area contributed by atoms with Crippen LogP contribution in [0.1, 0.15) is 35.2 Å². The molecule has 0 unspecified atom stereocenters. The van der Waals surface area contributed by atoms with Gasteiger partial charge in [-0.05, 0) is 42.7 Å². The molecule has 1 aliphatic rings. The molecule has 0 bridgehead atoms. The van der Waals surface area contributed by atoms with Gasteiger partial charge in [0.05, 0.1) is 23.3 Å². The molecule has 2 aromatic carbocycles. The molecule has 0 saturated heterocycles. The van der Waals surface area contributed by atoms with E-state index in [0.29, 0.717) is 16.7 Å². The summed E-state index contributed by atoms with van der Waals surface area (Å²) in [6, 6.07) is 14.6. The van der Waals surface area contributed by atoms with Crippen molar-refractivity contribution in [2.75, 3.05) is 5.32 Å². The second-order valence-electron chi connectivity index (χ2n) is 9.77. The molecule has 6 aromatic rings. The second kappa shape index (κ2) is 8.38. The van der Waals surface area contributed by atoms with Gasteiger partial charge in [-0.1, -0.05) is 36.4 Å². The largest absolute Gasteiger partial charge is 0.410 e. The van der Waals surface area contributed by atoms with E-state index in [4.69, 9.17) is 0 Å². The van der Waals surface area contributed by atoms with Gasteiger partial charge in [0.1, 0.15) is 17.8 Å². The van der Waals surface area contributed by atoms with Gasteiger partial charge in [-0.15, -0.1) is 5.10 Å². The fraction of sp³-hybridized carbons (Fsp3) is 0.222. The Morgan fingerprint density at radius 2 is 1.77 bits per heavy atom. The van der Waals surface area contributed by atoms with Crippen LogP contribution >= 0.6 is 0 Å². The van der Waals surface area contributed by atoms with Crippen LogP contribution in [0.25, 0.3) is 33.9 Å². The van der Waals surface area contributed by atoms with Crippen molar-refractivity contribution in [2.24, 2.45) is 0 Å². The summed E-state index contributed by atoms with van der Waals surface area (Å²) in [5.74, 6) is 0.463. The van der Waals surface area contributed by atoms with Crippen LogP contribution in [0.3, 0.4) is 0 Å². The van der Waals surface area contributed by atoms with Crippen LogP contribution in [0.5, 0.6) is 0 Å². The number of aryl methyl sites for hydroxylation is 2. The van der Waals surface area contributed by atoms with E-state index in [1.807, 2.05) is 62.4 Å². The Labute approximate surface area is 219 Å². The van der Waals surface area contributed by atoms with Crippen molar-refractivity contribution in [1.29, 1.82) is 0 Å². The molecule has 9 nitrogen and oxygen atoms in total. The molecule has 196 valence electrons. The summed E-state index contributed by atoms with van der Waals surface area (Å²) >= 11 is 0. The van der Waals surface area contributed by atoms with Gasteiger partial charge in [-0.2, -0.15) is 23.4 Å². The number of nitrogens with one attached hydrogen (secondary N) is 1. The minimum absolute atomic E-state index is 0.179. The molecule has 2 atom stereocenters. The number of alkyl halides is 3. The van der Waals surface area contributed by atoms with E-state index < -0.39 is 18.3 Å². The molecule has 0 amide bonds. The summed E-state index contributed by atoms with van der Waals surface area (Å²) in [6.07, 6.45) is -1.50. The van der Waals surface area contributed by atoms with Crippen LogP contribution in [0, 0.1) is 13.8 Å². The summed E-state index contributed by atoms with van der Waals surface area (Å²) in [5.41, 5.74) is 5.07. The van der Waals surface area contributed by atoms with Crippen molar-refractivity contribution in [1.82, 2.24) is 39.1 Å². The molecule has 12 heteroatoms. The third-order valence-corrected chi connectivity index (χ3v) is 7.26. The van der Waals surface area contributed by atoms with Crippen LogP contribution in [0.2, 0.25) is 0 Å². The third kappa shape index (κ3) is 3.82. The van der Waals surface area contributed by atoms with Gasteiger partial charge in [0.2, 0.25) is 5.82 Å². The number of para-hydroxylation sites is 1. The number of fused-ring (bicyclic) bond motifs is 4. The smallest absolute Gasteiger partial charge is 0.363 e. The average molecular weight is 530 g/mol. The van der Waals surface area contributed by atoms with E-state index in [0.717, 1.165) is 27.1 Å². The molecular formula is C27H22F3N9. The standard InChI is InChI=1S/C27H22F3N9/c1-15-8-9-17(10-16(15)2)20-11-22(27(28,29)30)39-23(33-20)12-21(35-39)24-34-26-19-13-32-38(18-6-4-3-5-7-18)25(19)31-14-37(26)36-24/h3-10,12-14,20,22,33H,11H2,1-2H3/t20-,22-/m0/s1. The average Bonchev–Trinajstić information content (AvgIpc) is 3.65. The molecule has 0 fully saturated rings. The van der Waals surface area contributed by atoms with Crippen LogP contribution in [0.15, 0.2) is 67.1 Å². The summed E-state index contributed by atoms with van der Waals surface area (Å²) < 4.78 is 46.8. The molecule has 1 aliphatic heterocycles. The third-order valence-electron chi connectivity index (χ3n) is 7.26. The number of aromatic nitrogens is 8. The zero-order chi connectivity index (χ0) is 26.9. The van der Waals surface area contributed by atoms with Gasteiger partial charge < -0.3 is 5.32 Å². The predicted molar refractivity (Wildman–Crippen MR) is 139 cm³/mol. The first-order valence-corrected chi connectivity index (χ1v) is 12.4. The minimum Gasteiger partial charge on any atom is -0.363 e. The zero-order valence-corrected chi connectivity index (χ0v) is 20.9. The lowest BCUT2D eigenvalue weighted by molar-refractivity contribution is -0.173. The van der Waals surface area contributed by atoms with E-state index in [9.17, 15) is 13.2 Å². The molecule has 7 rings (SSSR count). The van der Waals surface area contributed by atoms with Crippen molar-refractivity contribution in [3.8, 4) is 17.2 Å². The van der Waals surface area contributed by atoms with Crippen LogP contribution in [0.4, 0.5) is 19.0 Å². The summed E-state index contributed by atoms with van der Waals surface area (Å²) in [7, 11) is 0. The molecule has 0 aliphatic carbocycles. The number of anilines is 1. The first-order valence-electron chi connectivity index (χ1n) is 12.4. The summed E-state index contributed by atoms with van der Waals surface area (Å²) in [5, 5.41) is 17.1. The number of hydrogen-bond acceptors (Lipinski definition) is 6. The maximum Gasteiger partial charge on any atom is 0.410 e. The highest BCUT2D eigenvalue weighted by Crippen LogP contribution is 2.44. The summed E-state index contributed by atoms with van der Waals surface area (Å²) in [4.78, 5) is 9.11. The summed E-state index contributed by atoms with van der Waals surface area (Å²) in [6.45, 7) is 3.93. The predicted octanol–water partition coefficient (Wildman–Crippen LogP) is 5.60. The molecule has 1 N–H and O–H groups in total. The van der Waals surface area contributed by atoms with Crippen LogP contribution in [-0.4, -0.2) is 45.3 Å². The lowest BCUT2D eigenvalue weighted by Crippen LogP contribution is -2.35. The van der Waals surface area contributed by atoms with E-state index >= 15 is 0 Å². The Morgan fingerprint density at radius 3 is 2.54 bits per heavy atom. The number of hydrogen-bond donors (Lipinski definition) is 1. The highest BCUT2D eigenvalue weighted by Gasteiger charge is 2.46. The lowest BCUT2D eigenvalue weighted by Gasteiger charge is -2.33. The number of nitrogens with zero attached hydrogens (tertiary/aromatic N) is 8. The molecular weight excluding hydrogens is 507 g/mol. The monoisotopic (exact) mass is 529 g/mol. The lowest BCUT2D eigenvalue weighted by atomic mass is 9.94. The normalized spacial score (nSPS) is 17.5. The number of halogens is 3. The Bertz CT molecular complexity index is 1850. The quantitative estimate of drug-likeness (QED) is 0.321. The maximum atomic E-state index is 14.2. The van der Waals surface area contributed by atoms with Gasteiger partial charge in [0.15, 0.2) is 17.3 Å². The molecule has 0 saturated carbocycles. The minimum atomic E-state index is -4.48. The van der Waals surface area contributed by atoms with E-state index in [2.05, 4.69) is 30.6 Å².